The third-order valence-electron chi connectivity index (χ3n) is 12.1. The zero-order chi connectivity index (χ0) is 51.9. The lowest BCUT2D eigenvalue weighted by Crippen LogP contribution is -2.71. The smallest absolute Gasteiger partial charge is 0.407 e. The Labute approximate surface area is 401 Å². The van der Waals surface area contributed by atoms with Crippen LogP contribution in [0.15, 0.2) is 12.7 Å². The highest BCUT2D eigenvalue weighted by Gasteiger charge is 2.61. The second-order valence-electron chi connectivity index (χ2n) is 17.2. The first kappa shape index (κ1) is 59.2. The van der Waals surface area contributed by atoms with Crippen LogP contribution in [0.1, 0.15) is 58.3 Å². The quantitative estimate of drug-likeness (QED) is 0.0218. The van der Waals surface area contributed by atoms with Gasteiger partial charge in [0, 0.05) is 26.4 Å². The maximum atomic E-state index is 13.2. The normalized spacial score (nSPS) is 37.6. The Hall–Kier alpha value is -3.34. The van der Waals surface area contributed by atoms with E-state index in [2.05, 4.69) is 21.9 Å². The number of carboxylic acids is 1. The lowest BCUT2D eigenvalue weighted by atomic mass is 9.88. The Morgan fingerprint density at radius 3 is 2.03 bits per heavy atom. The lowest BCUT2D eigenvalue weighted by molar-refractivity contribution is -0.389. The van der Waals surface area contributed by atoms with Crippen molar-refractivity contribution in [2.45, 2.75) is 180 Å². The number of hydrogen-bond donors (Lipinski definition) is 14. The van der Waals surface area contributed by atoms with E-state index in [4.69, 9.17) is 42.6 Å². The number of unbranched alkanes of at least 4 members (excludes halogenated alkanes) is 5. The van der Waals surface area contributed by atoms with E-state index in [1.807, 2.05) is 0 Å². The number of aliphatic carboxylic acids is 1. The molecule has 0 bridgehead atoms. The number of nitrogens with one attached hydrogen (secondary N) is 2. The minimum atomic E-state index is -3.15. The van der Waals surface area contributed by atoms with Crippen LogP contribution in [0.25, 0.3) is 0 Å². The molecule has 28 nitrogen and oxygen atoms in total. The Kier molecular flexibility index (Phi) is 23.9. The van der Waals surface area contributed by atoms with Crippen molar-refractivity contribution < 1.29 is 128 Å². The molecule has 0 aromatic heterocycles. The maximum absolute atomic E-state index is 13.2. The third-order valence-corrected chi connectivity index (χ3v) is 12.1. The minimum absolute atomic E-state index is 0.0133. The SMILES string of the molecule is C=CCOC(=O)NC1C(O[C@@H]2OC[C@@H](O)C(O)C2O)[C@H](OC2OC(CO)[C@H](O)C(O[C@]3(C(=O)O)CC(O)[C@@H](NC(C)=O)C(C(O)C(O)CO)O3)C2O)C(CO)O[C@H]1OCCCCCCCCC(=O)OC. The van der Waals surface area contributed by atoms with Crippen LogP contribution in [0, 0.1) is 0 Å². The second-order valence-corrected chi connectivity index (χ2v) is 17.2. The first-order valence-corrected chi connectivity index (χ1v) is 22.9. The van der Waals surface area contributed by atoms with Gasteiger partial charge in [0.25, 0.3) is 5.79 Å². The average Bonchev–Trinajstić information content (AvgIpc) is 3.33. The second kappa shape index (κ2) is 28.2. The predicted octanol–water partition coefficient (Wildman–Crippen LogP) is -5.91. The number of rotatable bonds is 26. The standard InChI is InChI=1S/C42H70N2O26/c1-4-12-63-41(60)44-27-35(68-38-31(56)28(53)22(51)18-64-38)33(24(17-47)66-37(27)62-13-10-8-6-5-7-9-11-25(52)61-3)67-39-32(57)36(30(55)23(16-46)65-39)70-42(40(58)59)14-20(49)26(43-19(2)48)34(69-42)29(54)21(50)15-45/h4,20-24,26-39,45-47,49-51,53-57H,1,5-18H2,2-3H3,(H,43,48)(H,44,60)(H,58,59)/t20?,21?,22-,23?,24?,26-,27?,28?,29?,30+,31?,32?,33-,34?,35?,36?,37-,38+,39?,42+/m1/s1. The Morgan fingerprint density at radius 1 is 0.771 bits per heavy atom. The molecule has 20 atom stereocenters. The van der Waals surface area contributed by atoms with Crippen molar-refractivity contribution in [2.75, 3.05) is 46.8 Å². The molecule has 0 aromatic rings. The average molecular weight is 1020 g/mol. The molecule has 0 aliphatic carbocycles. The van der Waals surface area contributed by atoms with Gasteiger partial charge in [-0.15, -0.1) is 0 Å². The number of aliphatic hydroxyl groups is 11. The molecular formula is C42H70N2O26. The van der Waals surface area contributed by atoms with Crippen molar-refractivity contribution in [2.24, 2.45) is 0 Å². The van der Waals surface area contributed by atoms with Crippen molar-refractivity contribution in [3.63, 3.8) is 0 Å². The van der Waals surface area contributed by atoms with Crippen LogP contribution in [-0.2, 0) is 61.8 Å². The molecule has 14 N–H and O–H groups in total. The molecule has 4 saturated heterocycles. The van der Waals surface area contributed by atoms with Crippen LogP contribution in [0.5, 0.6) is 0 Å². The lowest BCUT2D eigenvalue weighted by Gasteiger charge is -2.51. The number of amides is 2. The van der Waals surface area contributed by atoms with Gasteiger partial charge < -0.3 is 119 Å². The molecule has 0 spiro atoms. The van der Waals surface area contributed by atoms with Crippen molar-refractivity contribution in [3.8, 4) is 0 Å². The summed E-state index contributed by atoms with van der Waals surface area (Å²) in [5, 5.41) is 133. The summed E-state index contributed by atoms with van der Waals surface area (Å²) in [7, 11) is 1.31. The van der Waals surface area contributed by atoms with Crippen LogP contribution in [0.4, 0.5) is 4.79 Å². The Morgan fingerprint density at radius 2 is 1.41 bits per heavy atom. The Bertz CT molecular complexity index is 1650. The molecule has 4 fully saturated rings. The molecule has 0 radical (unpaired) electrons. The summed E-state index contributed by atoms with van der Waals surface area (Å²) >= 11 is 0. The summed E-state index contributed by atoms with van der Waals surface area (Å²) in [6.45, 7) is 0.526. The van der Waals surface area contributed by atoms with Gasteiger partial charge in [-0.25, -0.2) is 9.59 Å². The zero-order valence-electron chi connectivity index (χ0n) is 38.7. The van der Waals surface area contributed by atoms with Gasteiger partial charge in [-0.05, 0) is 12.8 Å². The fourth-order valence-electron chi connectivity index (χ4n) is 8.35. The molecule has 0 aromatic carbocycles. The molecule has 13 unspecified atom stereocenters. The van der Waals surface area contributed by atoms with E-state index < -0.39 is 173 Å². The van der Waals surface area contributed by atoms with Crippen LogP contribution < -0.4 is 10.6 Å². The van der Waals surface area contributed by atoms with Crippen LogP contribution in [0.2, 0.25) is 0 Å². The molecule has 28 heteroatoms. The van der Waals surface area contributed by atoms with Crippen molar-refractivity contribution in [1.82, 2.24) is 10.6 Å². The molecule has 4 aliphatic heterocycles. The van der Waals surface area contributed by atoms with E-state index in [0.717, 1.165) is 26.2 Å². The van der Waals surface area contributed by atoms with Gasteiger partial charge in [-0.2, -0.15) is 0 Å². The largest absolute Gasteiger partial charge is 0.477 e. The van der Waals surface area contributed by atoms with Gasteiger partial charge in [0.2, 0.25) is 5.91 Å². The number of carbonyl (C=O) groups excluding carboxylic acids is 3. The summed E-state index contributed by atoms with van der Waals surface area (Å²) in [5.74, 6) is -6.27. The molecular weight excluding hydrogens is 948 g/mol. The van der Waals surface area contributed by atoms with Gasteiger partial charge in [-0.3, -0.25) is 9.59 Å². The monoisotopic (exact) mass is 1020 g/mol. The van der Waals surface area contributed by atoms with E-state index in [-0.39, 0.29) is 25.6 Å². The van der Waals surface area contributed by atoms with Gasteiger partial charge >= 0.3 is 18.0 Å². The molecule has 4 heterocycles. The van der Waals surface area contributed by atoms with Gasteiger partial charge in [0.15, 0.2) is 18.9 Å². The number of hydrogen-bond acceptors (Lipinski definition) is 25. The number of aliphatic hydroxyl groups excluding tert-OH is 11. The van der Waals surface area contributed by atoms with E-state index in [1.54, 1.807) is 0 Å². The summed E-state index contributed by atoms with van der Waals surface area (Å²) in [6, 6.07) is -3.19. The van der Waals surface area contributed by atoms with Gasteiger partial charge in [0.05, 0.1) is 45.7 Å². The molecule has 404 valence electrons. The fourth-order valence-corrected chi connectivity index (χ4v) is 8.35. The molecule has 2 amide bonds. The molecule has 0 saturated carbocycles. The highest BCUT2D eigenvalue weighted by atomic mass is 16.8. The van der Waals surface area contributed by atoms with Gasteiger partial charge in [0.1, 0.15) is 92.0 Å². The number of alkyl carbamates (subject to hydrolysis) is 1. The van der Waals surface area contributed by atoms with Crippen LogP contribution in [0.3, 0.4) is 0 Å². The minimum Gasteiger partial charge on any atom is -0.477 e. The molecule has 70 heavy (non-hydrogen) atoms. The van der Waals surface area contributed by atoms with E-state index in [1.165, 1.54) is 13.2 Å². The van der Waals surface area contributed by atoms with E-state index in [0.29, 0.717) is 19.3 Å². The van der Waals surface area contributed by atoms with E-state index >= 15 is 0 Å². The molecule has 4 rings (SSSR count). The van der Waals surface area contributed by atoms with Crippen LogP contribution >= 0.6 is 0 Å². The highest BCUT2D eigenvalue weighted by molar-refractivity contribution is 5.76. The first-order chi connectivity index (χ1) is 33.3. The molecule has 4 aliphatic rings. The van der Waals surface area contributed by atoms with Crippen molar-refractivity contribution in [3.05, 3.63) is 12.7 Å². The summed E-state index contributed by atoms with van der Waals surface area (Å²) in [5.41, 5.74) is 0. The predicted molar refractivity (Wildman–Crippen MR) is 227 cm³/mol. The van der Waals surface area contributed by atoms with Crippen molar-refractivity contribution in [1.29, 1.82) is 0 Å². The number of esters is 1. The summed E-state index contributed by atoms with van der Waals surface area (Å²) < 4.78 is 57.1. The number of carbonyl (C=O) groups is 4. The number of methoxy groups -OCH3 is 1. The van der Waals surface area contributed by atoms with Crippen molar-refractivity contribution >= 4 is 23.9 Å². The fraction of sp³-hybridized carbons (Fsp3) is 0.857. The van der Waals surface area contributed by atoms with Crippen LogP contribution in [-0.4, -0.2) is 254 Å². The highest BCUT2D eigenvalue weighted by Crippen LogP contribution is 2.39. The number of carboxylic acid groups (broad SMARTS) is 1. The van der Waals surface area contributed by atoms with Gasteiger partial charge in [-0.1, -0.05) is 38.3 Å². The Balaban J connectivity index is 1.69. The summed E-state index contributed by atoms with van der Waals surface area (Å²) in [4.78, 5) is 49.8. The topological polar surface area (TPSA) is 427 Å². The van der Waals surface area contributed by atoms with E-state index in [9.17, 15) is 80.5 Å². The number of ether oxygens (including phenoxy) is 10. The third kappa shape index (κ3) is 15.3. The first-order valence-electron chi connectivity index (χ1n) is 22.9. The summed E-state index contributed by atoms with van der Waals surface area (Å²) in [6.07, 6.45) is -29.4. The maximum Gasteiger partial charge on any atom is 0.407 e. The zero-order valence-corrected chi connectivity index (χ0v) is 38.7.